The van der Waals surface area contributed by atoms with Gasteiger partial charge in [-0.25, -0.2) is 0 Å². The molecule has 6 nitrogen and oxygen atoms in total. The van der Waals surface area contributed by atoms with Crippen molar-refractivity contribution in [1.82, 2.24) is 20.3 Å². The summed E-state index contributed by atoms with van der Waals surface area (Å²) in [6.45, 7) is 0. The summed E-state index contributed by atoms with van der Waals surface area (Å²) >= 11 is 0. The van der Waals surface area contributed by atoms with Crippen LogP contribution in [0, 0.1) is 0 Å². The van der Waals surface area contributed by atoms with Crippen LogP contribution in [0.15, 0.2) is 21.7 Å². The van der Waals surface area contributed by atoms with Gasteiger partial charge in [0.2, 0.25) is 11.8 Å². The zero-order valence-corrected chi connectivity index (χ0v) is 6.88. The Morgan fingerprint density at radius 3 is 1.85 bits per heavy atom. The fraction of sp³-hybridized carbons (Fsp3) is 0.429. The second kappa shape index (κ2) is 3.79. The molecule has 0 aliphatic rings. The van der Waals surface area contributed by atoms with Crippen molar-refractivity contribution in [3.63, 3.8) is 0 Å². The summed E-state index contributed by atoms with van der Waals surface area (Å²) in [6, 6.07) is 0. The van der Waals surface area contributed by atoms with Gasteiger partial charge in [-0.15, -0.1) is 0 Å². The highest BCUT2D eigenvalue weighted by Gasteiger charge is 2.02. The Hall–Kier alpha value is -1.72. The van der Waals surface area contributed by atoms with Crippen LogP contribution in [-0.4, -0.2) is 20.3 Å². The van der Waals surface area contributed by atoms with E-state index < -0.39 is 0 Å². The van der Waals surface area contributed by atoms with Crippen molar-refractivity contribution in [1.29, 1.82) is 0 Å². The van der Waals surface area contributed by atoms with Crippen molar-refractivity contribution in [3.05, 3.63) is 24.4 Å². The fourth-order valence-corrected chi connectivity index (χ4v) is 1.00. The molecule has 0 amide bonds. The number of nitrogens with zero attached hydrogens (tertiary/aromatic N) is 4. The van der Waals surface area contributed by atoms with Gasteiger partial charge >= 0.3 is 0 Å². The average molecular weight is 180 g/mol. The van der Waals surface area contributed by atoms with Crippen LogP contribution in [0.25, 0.3) is 0 Å². The number of rotatable bonds is 4. The van der Waals surface area contributed by atoms with Gasteiger partial charge in [-0.3, -0.25) is 0 Å². The minimum atomic E-state index is 0.638. The molecular formula is C7H8N4O2. The van der Waals surface area contributed by atoms with Crippen LogP contribution in [0.4, 0.5) is 0 Å². The Morgan fingerprint density at radius 1 is 0.923 bits per heavy atom. The van der Waals surface area contributed by atoms with Crippen LogP contribution in [0.3, 0.4) is 0 Å². The predicted molar refractivity (Wildman–Crippen MR) is 40.6 cm³/mol. The van der Waals surface area contributed by atoms with E-state index in [0.717, 1.165) is 19.3 Å². The molecule has 2 heterocycles. The molecule has 6 heteroatoms. The van der Waals surface area contributed by atoms with Gasteiger partial charge in [0.15, 0.2) is 12.7 Å². The van der Waals surface area contributed by atoms with Gasteiger partial charge in [-0.1, -0.05) is 10.3 Å². The summed E-state index contributed by atoms with van der Waals surface area (Å²) in [4.78, 5) is 7.78. The van der Waals surface area contributed by atoms with E-state index in [1.54, 1.807) is 0 Å². The van der Waals surface area contributed by atoms with Gasteiger partial charge < -0.3 is 9.05 Å². The van der Waals surface area contributed by atoms with E-state index >= 15 is 0 Å². The normalized spacial score (nSPS) is 10.5. The first kappa shape index (κ1) is 7.90. The molecule has 0 atom stereocenters. The lowest BCUT2D eigenvalue weighted by atomic mass is 10.2. The van der Waals surface area contributed by atoms with Crippen molar-refractivity contribution in [2.75, 3.05) is 0 Å². The second-order valence-corrected chi connectivity index (χ2v) is 2.52. The third-order valence-electron chi connectivity index (χ3n) is 1.60. The summed E-state index contributed by atoms with van der Waals surface area (Å²) in [7, 11) is 0. The molecule has 0 aromatic carbocycles. The molecule has 0 aliphatic carbocycles. The highest BCUT2D eigenvalue weighted by Crippen LogP contribution is 2.02. The van der Waals surface area contributed by atoms with Crippen LogP contribution in [0.2, 0.25) is 0 Å². The largest absolute Gasteiger partial charge is 0.340 e. The van der Waals surface area contributed by atoms with Crippen LogP contribution in [0.1, 0.15) is 18.2 Å². The minimum absolute atomic E-state index is 0.638. The summed E-state index contributed by atoms with van der Waals surface area (Å²) in [6.07, 6.45) is 5.12. The molecule has 2 rings (SSSR count). The number of aryl methyl sites for hydroxylation is 2. The molecule has 13 heavy (non-hydrogen) atoms. The Morgan fingerprint density at radius 2 is 1.46 bits per heavy atom. The molecule has 0 saturated heterocycles. The van der Waals surface area contributed by atoms with E-state index in [1.165, 1.54) is 12.7 Å². The van der Waals surface area contributed by atoms with E-state index in [1.807, 2.05) is 0 Å². The first-order valence-electron chi connectivity index (χ1n) is 3.96. The Kier molecular flexibility index (Phi) is 2.31. The summed E-state index contributed by atoms with van der Waals surface area (Å²) in [5.41, 5.74) is 0. The molecule has 0 aliphatic heterocycles. The fourth-order valence-electron chi connectivity index (χ4n) is 1.00. The van der Waals surface area contributed by atoms with Crippen molar-refractivity contribution >= 4 is 0 Å². The quantitative estimate of drug-likeness (QED) is 0.686. The zero-order chi connectivity index (χ0) is 8.93. The molecule has 0 N–H and O–H groups in total. The Bertz CT molecular complexity index is 295. The van der Waals surface area contributed by atoms with Crippen molar-refractivity contribution in [2.24, 2.45) is 0 Å². The lowest BCUT2D eigenvalue weighted by Gasteiger charge is -1.90. The molecule has 0 fully saturated rings. The lowest BCUT2D eigenvalue weighted by molar-refractivity contribution is 0.358. The van der Waals surface area contributed by atoms with Crippen molar-refractivity contribution in [2.45, 2.75) is 19.3 Å². The van der Waals surface area contributed by atoms with E-state index in [2.05, 4.69) is 20.3 Å². The zero-order valence-electron chi connectivity index (χ0n) is 6.88. The molecule has 2 aromatic heterocycles. The third-order valence-corrected chi connectivity index (χ3v) is 1.60. The molecule has 0 bridgehead atoms. The standard InChI is InChI=1S/C7H8N4O2/c1(2-6-8-4-10-12-6)3-7-9-5-11-13-7/h4-5H,1-3H2. The van der Waals surface area contributed by atoms with Crippen LogP contribution in [0.5, 0.6) is 0 Å². The summed E-state index contributed by atoms with van der Waals surface area (Å²) in [5, 5.41) is 7.00. The molecular weight excluding hydrogens is 172 g/mol. The van der Waals surface area contributed by atoms with Crippen molar-refractivity contribution < 1.29 is 9.05 Å². The highest BCUT2D eigenvalue weighted by atomic mass is 16.5. The number of hydrogen-bond acceptors (Lipinski definition) is 6. The number of hydrogen-bond donors (Lipinski definition) is 0. The summed E-state index contributed by atoms with van der Waals surface area (Å²) in [5.74, 6) is 1.28. The SMILES string of the molecule is c1noc(CCCc2ncno2)n1. The van der Waals surface area contributed by atoms with Gasteiger partial charge in [0.05, 0.1) is 0 Å². The van der Waals surface area contributed by atoms with Gasteiger partial charge in [0.1, 0.15) is 0 Å². The first-order valence-corrected chi connectivity index (χ1v) is 3.96. The molecule has 68 valence electrons. The third kappa shape index (κ3) is 2.11. The predicted octanol–water partition coefficient (Wildman–Crippen LogP) is 0.628. The number of aromatic nitrogens is 4. The van der Waals surface area contributed by atoms with Crippen LogP contribution >= 0.6 is 0 Å². The van der Waals surface area contributed by atoms with Crippen LogP contribution in [-0.2, 0) is 12.8 Å². The van der Waals surface area contributed by atoms with E-state index in [0.29, 0.717) is 11.8 Å². The summed E-state index contributed by atoms with van der Waals surface area (Å²) < 4.78 is 9.65. The monoisotopic (exact) mass is 180 g/mol. The molecule has 0 spiro atoms. The molecule has 0 saturated carbocycles. The minimum Gasteiger partial charge on any atom is -0.340 e. The van der Waals surface area contributed by atoms with E-state index in [4.69, 9.17) is 9.05 Å². The van der Waals surface area contributed by atoms with Crippen molar-refractivity contribution in [3.8, 4) is 0 Å². The molecule has 0 radical (unpaired) electrons. The Labute approximate surface area is 74.0 Å². The lowest BCUT2D eigenvalue weighted by Crippen LogP contribution is -1.89. The second-order valence-electron chi connectivity index (χ2n) is 2.52. The van der Waals surface area contributed by atoms with E-state index in [-0.39, 0.29) is 0 Å². The maximum absolute atomic E-state index is 4.83. The maximum atomic E-state index is 4.83. The smallest absolute Gasteiger partial charge is 0.226 e. The maximum Gasteiger partial charge on any atom is 0.226 e. The molecule has 0 unspecified atom stereocenters. The topological polar surface area (TPSA) is 77.8 Å². The first-order chi connectivity index (χ1) is 6.45. The van der Waals surface area contributed by atoms with Gasteiger partial charge in [0.25, 0.3) is 0 Å². The molecule has 2 aromatic rings. The van der Waals surface area contributed by atoms with Crippen LogP contribution < -0.4 is 0 Å². The van der Waals surface area contributed by atoms with Gasteiger partial charge in [-0.2, -0.15) is 9.97 Å². The average Bonchev–Trinajstić information content (AvgIpc) is 2.75. The highest BCUT2D eigenvalue weighted by molar-refractivity contribution is 4.79. The van der Waals surface area contributed by atoms with E-state index in [9.17, 15) is 0 Å². The van der Waals surface area contributed by atoms with Gasteiger partial charge in [-0.05, 0) is 6.42 Å². The Balaban J connectivity index is 1.76. The van der Waals surface area contributed by atoms with Gasteiger partial charge in [0, 0.05) is 12.8 Å².